The molecule has 0 aromatic rings. The largest absolute Gasteiger partial charge is 0.373 e. The van der Waals surface area contributed by atoms with Crippen LogP contribution in [-0.2, 0) is 9.47 Å². The Balaban J connectivity index is 2.03. The first-order valence-electron chi connectivity index (χ1n) is 6.07. The maximum absolute atomic E-state index is 5.41. The maximum atomic E-state index is 5.41. The van der Waals surface area contributed by atoms with E-state index in [1.807, 2.05) is 0 Å². The molecule has 0 bridgehead atoms. The zero-order valence-electron chi connectivity index (χ0n) is 10.9. The average molecular weight is 228 g/mol. The van der Waals surface area contributed by atoms with Crippen LogP contribution < -0.4 is 0 Å². The molecule has 2 saturated heterocycles. The Kier molecular flexibility index (Phi) is 3.54. The first kappa shape index (κ1) is 12.3. The smallest absolute Gasteiger partial charge is 0.0828 e. The number of hydrogen-bond donors (Lipinski definition) is 0. The van der Waals surface area contributed by atoms with Crippen molar-refractivity contribution in [2.75, 3.05) is 47.9 Å². The highest BCUT2D eigenvalue weighted by Crippen LogP contribution is 2.34. The van der Waals surface area contributed by atoms with Gasteiger partial charge in [-0.2, -0.15) is 0 Å². The molecule has 2 atom stereocenters. The summed E-state index contributed by atoms with van der Waals surface area (Å²) in [6.45, 7) is 2.95. The summed E-state index contributed by atoms with van der Waals surface area (Å²) in [7, 11) is 8.63. The van der Waals surface area contributed by atoms with Gasteiger partial charge < -0.3 is 19.3 Å². The summed E-state index contributed by atoms with van der Waals surface area (Å²) in [4.78, 5) is 4.63. The van der Waals surface area contributed by atoms with E-state index in [9.17, 15) is 0 Å². The molecule has 0 saturated carbocycles. The number of rotatable bonds is 7. The number of likely N-dealkylation sites (N-methyl/N-ethyl adjacent to an activating group) is 2. The molecular formula is C12H24N2O2. The molecule has 0 N–H and O–H groups in total. The van der Waals surface area contributed by atoms with Crippen LogP contribution in [0.1, 0.15) is 12.8 Å². The van der Waals surface area contributed by atoms with Gasteiger partial charge in [0, 0.05) is 12.1 Å². The molecule has 0 spiro atoms. The van der Waals surface area contributed by atoms with Gasteiger partial charge in [-0.1, -0.05) is 0 Å². The van der Waals surface area contributed by atoms with Crippen molar-refractivity contribution in [3.8, 4) is 0 Å². The molecular weight excluding hydrogens is 204 g/mol. The van der Waals surface area contributed by atoms with Crippen LogP contribution in [0.15, 0.2) is 0 Å². The molecule has 16 heavy (non-hydrogen) atoms. The molecule has 2 fully saturated rings. The van der Waals surface area contributed by atoms with Crippen LogP contribution in [0.25, 0.3) is 0 Å². The van der Waals surface area contributed by atoms with E-state index in [0.717, 1.165) is 32.6 Å². The van der Waals surface area contributed by atoms with Gasteiger partial charge in [-0.15, -0.1) is 0 Å². The van der Waals surface area contributed by atoms with E-state index >= 15 is 0 Å². The first-order valence-corrected chi connectivity index (χ1v) is 6.07. The van der Waals surface area contributed by atoms with Crippen molar-refractivity contribution >= 4 is 0 Å². The van der Waals surface area contributed by atoms with E-state index in [1.54, 1.807) is 0 Å². The van der Waals surface area contributed by atoms with Gasteiger partial charge in [0.2, 0.25) is 0 Å². The summed E-state index contributed by atoms with van der Waals surface area (Å²) in [5.74, 6) is 0. The van der Waals surface area contributed by atoms with E-state index in [-0.39, 0.29) is 5.54 Å². The second-order valence-electron chi connectivity index (χ2n) is 5.68. The van der Waals surface area contributed by atoms with E-state index in [0.29, 0.717) is 12.2 Å². The highest BCUT2D eigenvalue weighted by atomic mass is 16.6. The fraction of sp³-hybridized carbons (Fsp3) is 1.00. The Bertz CT molecular complexity index is 213. The van der Waals surface area contributed by atoms with E-state index in [4.69, 9.17) is 9.47 Å². The molecule has 2 heterocycles. The van der Waals surface area contributed by atoms with Crippen molar-refractivity contribution in [3.05, 3.63) is 0 Å². The van der Waals surface area contributed by atoms with Crippen LogP contribution in [0.4, 0.5) is 0 Å². The Hall–Kier alpha value is -0.160. The molecule has 0 aromatic carbocycles. The van der Waals surface area contributed by atoms with Gasteiger partial charge in [0.05, 0.1) is 25.4 Å². The molecule has 0 aliphatic carbocycles. The third-order valence-corrected chi connectivity index (χ3v) is 3.58. The second-order valence-corrected chi connectivity index (χ2v) is 5.68. The number of nitrogens with zero attached hydrogens (tertiary/aromatic N) is 2. The van der Waals surface area contributed by atoms with Gasteiger partial charge in [0.1, 0.15) is 0 Å². The van der Waals surface area contributed by atoms with Crippen LogP contribution in [0.2, 0.25) is 0 Å². The van der Waals surface area contributed by atoms with Crippen LogP contribution in [0, 0.1) is 0 Å². The fourth-order valence-electron chi connectivity index (χ4n) is 2.53. The number of hydrogen-bond acceptors (Lipinski definition) is 4. The van der Waals surface area contributed by atoms with Crippen molar-refractivity contribution in [1.29, 1.82) is 0 Å². The molecule has 0 aromatic heterocycles. The Labute approximate surface area is 98.5 Å². The average Bonchev–Trinajstić information content (AvgIpc) is 2.98. The zero-order chi connectivity index (χ0) is 11.8. The quantitative estimate of drug-likeness (QED) is 0.591. The van der Waals surface area contributed by atoms with Crippen molar-refractivity contribution in [1.82, 2.24) is 9.80 Å². The topological polar surface area (TPSA) is 31.5 Å². The van der Waals surface area contributed by atoms with Crippen LogP contribution >= 0.6 is 0 Å². The van der Waals surface area contributed by atoms with Gasteiger partial charge in [0.15, 0.2) is 0 Å². The third-order valence-electron chi connectivity index (χ3n) is 3.58. The highest BCUT2D eigenvalue weighted by molar-refractivity contribution is 4.98. The minimum Gasteiger partial charge on any atom is -0.373 e. The Morgan fingerprint density at radius 3 is 1.69 bits per heavy atom. The van der Waals surface area contributed by atoms with Gasteiger partial charge in [-0.3, -0.25) is 0 Å². The minimum absolute atomic E-state index is 0.200. The molecule has 4 nitrogen and oxygen atoms in total. The monoisotopic (exact) mass is 228 g/mol. The van der Waals surface area contributed by atoms with Crippen molar-refractivity contribution in [2.45, 2.75) is 30.6 Å². The number of epoxide rings is 2. The Morgan fingerprint density at radius 2 is 1.44 bits per heavy atom. The predicted octanol–water partition coefficient (Wildman–Crippen LogP) is 0.426. The molecule has 2 unspecified atom stereocenters. The van der Waals surface area contributed by atoms with Crippen LogP contribution in [0.3, 0.4) is 0 Å². The van der Waals surface area contributed by atoms with Gasteiger partial charge in [0.25, 0.3) is 0 Å². The predicted molar refractivity (Wildman–Crippen MR) is 63.7 cm³/mol. The lowest BCUT2D eigenvalue weighted by atomic mass is 9.86. The van der Waals surface area contributed by atoms with E-state index < -0.39 is 0 Å². The van der Waals surface area contributed by atoms with Gasteiger partial charge in [-0.25, -0.2) is 0 Å². The van der Waals surface area contributed by atoms with Crippen LogP contribution in [-0.4, -0.2) is 75.5 Å². The fourth-order valence-corrected chi connectivity index (χ4v) is 2.53. The molecule has 2 aliphatic rings. The second kappa shape index (κ2) is 4.61. The number of ether oxygens (including phenoxy) is 2. The summed E-state index contributed by atoms with van der Waals surface area (Å²) < 4.78 is 10.8. The molecule has 2 aliphatic heterocycles. The first-order chi connectivity index (χ1) is 7.52. The normalized spacial score (nSPS) is 31.9. The standard InChI is InChI=1S/C12H24N2O2/c1-13(2)9-12(14(3)4,5-10-7-15-10)6-11-8-16-11/h10-11H,5-9H2,1-4H3. The van der Waals surface area contributed by atoms with E-state index in [1.165, 1.54) is 0 Å². The molecule has 0 amide bonds. The van der Waals surface area contributed by atoms with Crippen molar-refractivity contribution in [3.63, 3.8) is 0 Å². The summed E-state index contributed by atoms with van der Waals surface area (Å²) in [5, 5.41) is 0. The third kappa shape index (κ3) is 3.17. The zero-order valence-corrected chi connectivity index (χ0v) is 10.9. The summed E-state index contributed by atoms with van der Waals surface area (Å²) in [6.07, 6.45) is 3.19. The Morgan fingerprint density at radius 1 is 1.00 bits per heavy atom. The molecule has 0 radical (unpaired) electrons. The molecule has 94 valence electrons. The summed E-state index contributed by atoms with van der Waals surface area (Å²) in [6, 6.07) is 0. The summed E-state index contributed by atoms with van der Waals surface area (Å²) >= 11 is 0. The maximum Gasteiger partial charge on any atom is 0.0828 e. The van der Waals surface area contributed by atoms with Gasteiger partial charge in [-0.05, 0) is 41.0 Å². The van der Waals surface area contributed by atoms with Gasteiger partial charge >= 0.3 is 0 Å². The summed E-state index contributed by atoms with van der Waals surface area (Å²) in [5.41, 5.74) is 0.200. The van der Waals surface area contributed by atoms with E-state index in [2.05, 4.69) is 38.0 Å². The SMILES string of the molecule is CN(C)CC(CC1CO1)(CC1CO1)N(C)C. The molecule has 4 heteroatoms. The minimum atomic E-state index is 0.200. The lowest BCUT2D eigenvalue weighted by molar-refractivity contribution is 0.0736. The highest BCUT2D eigenvalue weighted by Gasteiger charge is 2.44. The van der Waals surface area contributed by atoms with Crippen molar-refractivity contribution in [2.24, 2.45) is 0 Å². The van der Waals surface area contributed by atoms with Crippen LogP contribution in [0.5, 0.6) is 0 Å². The molecule has 2 rings (SSSR count). The lowest BCUT2D eigenvalue weighted by Gasteiger charge is -2.41. The lowest BCUT2D eigenvalue weighted by Crippen LogP contribution is -2.53. The van der Waals surface area contributed by atoms with Crippen molar-refractivity contribution < 1.29 is 9.47 Å².